The van der Waals surface area contributed by atoms with Gasteiger partial charge in [-0.15, -0.1) is 11.3 Å². The third-order valence-electron chi connectivity index (χ3n) is 3.10. The average Bonchev–Trinajstić information content (AvgIpc) is 2.97. The summed E-state index contributed by atoms with van der Waals surface area (Å²) in [6, 6.07) is 8.58. The van der Waals surface area contributed by atoms with Gasteiger partial charge in [0.25, 0.3) is 0 Å². The Balaban J connectivity index is 1.69. The van der Waals surface area contributed by atoms with E-state index in [0.29, 0.717) is 0 Å². The molecule has 2 heterocycles. The van der Waals surface area contributed by atoms with Crippen LogP contribution in [0.15, 0.2) is 46.5 Å². The largest absolute Gasteiger partial charge is 0.304 e. The van der Waals surface area contributed by atoms with Crippen molar-refractivity contribution in [3.63, 3.8) is 0 Å². The molecule has 0 aliphatic carbocycles. The van der Waals surface area contributed by atoms with E-state index in [1.807, 2.05) is 17.6 Å². The van der Waals surface area contributed by atoms with Gasteiger partial charge in [-0.05, 0) is 18.6 Å². The monoisotopic (exact) mass is 335 g/mol. The van der Waals surface area contributed by atoms with Crippen LogP contribution in [0.2, 0.25) is 0 Å². The number of thiazole rings is 1. The first-order valence-corrected chi connectivity index (χ1v) is 7.80. The number of hydrogen-bond acceptors (Lipinski definition) is 3. The normalized spacial score (nSPS) is 12.9. The smallest absolute Gasteiger partial charge is 0.193 e. The fourth-order valence-corrected chi connectivity index (χ4v) is 3.40. The maximum atomic E-state index is 4.57. The van der Waals surface area contributed by atoms with Gasteiger partial charge in [0, 0.05) is 34.8 Å². The molecule has 0 aliphatic rings. The van der Waals surface area contributed by atoms with Crippen molar-refractivity contribution < 1.29 is 0 Å². The third-order valence-corrected chi connectivity index (χ3v) is 4.60. The maximum Gasteiger partial charge on any atom is 0.193 e. The number of imidazole rings is 1. The maximum absolute atomic E-state index is 4.57. The van der Waals surface area contributed by atoms with E-state index in [9.17, 15) is 0 Å². The Labute approximate surface area is 124 Å². The molecule has 0 saturated heterocycles. The van der Waals surface area contributed by atoms with Crippen molar-refractivity contribution in [2.24, 2.45) is 0 Å². The Morgan fingerprint density at radius 2 is 2.26 bits per heavy atom. The minimum atomic E-state index is 0.287. The van der Waals surface area contributed by atoms with Gasteiger partial charge in [-0.25, -0.2) is 4.98 Å². The van der Waals surface area contributed by atoms with Crippen LogP contribution in [0.25, 0.3) is 4.96 Å². The zero-order chi connectivity index (χ0) is 13.2. The van der Waals surface area contributed by atoms with Crippen LogP contribution in [0.1, 0.15) is 24.2 Å². The molecule has 0 bridgehead atoms. The first kappa shape index (κ1) is 12.8. The van der Waals surface area contributed by atoms with Crippen molar-refractivity contribution in [2.45, 2.75) is 19.5 Å². The molecule has 3 nitrogen and oxygen atoms in total. The van der Waals surface area contributed by atoms with E-state index in [0.717, 1.165) is 21.7 Å². The van der Waals surface area contributed by atoms with Crippen LogP contribution < -0.4 is 5.32 Å². The van der Waals surface area contributed by atoms with E-state index < -0.39 is 0 Å². The number of rotatable bonds is 4. The summed E-state index contributed by atoms with van der Waals surface area (Å²) in [4.78, 5) is 5.61. The lowest BCUT2D eigenvalue weighted by Crippen LogP contribution is -2.18. The van der Waals surface area contributed by atoms with Gasteiger partial charge in [-0.3, -0.25) is 4.40 Å². The second-order valence-electron chi connectivity index (χ2n) is 4.45. The number of benzene rings is 1. The van der Waals surface area contributed by atoms with E-state index in [1.165, 1.54) is 5.56 Å². The van der Waals surface area contributed by atoms with Crippen LogP contribution in [0, 0.1) is 0 Å². The van der Waals surface area contributed by atoms with Crippen molar-refractivity contribution >= 4 is 32.2 Å². The minimum absolute atomic E-state index is 0.287. The molecular weight excluding hydrogens is 322 g/mol. The van der Waals surface area contributed by atoms with Gasteiger partial charge in [0.15, 0.2) is 4.96 Å². The van der Waals surface area contributed by atoms with Crippen LogP contribution >= 0.6 is 27.3 Å². The van der Waals surface area contributed by atoms with Crippen molar-refractivity contribution in [1.29, 1.82) is 0 Å². The van der Waals surface area contributed by atoms with E-state index in [-0.39, 0.29) is 6.04 Å². The second kappa shape index (κ2) is 5.45. The summed E-state index contributed by atoms with van der Waals surface area (Å²) in [5, 5.41) is 5.55. The summed E-state index contributed by atoms with van der Waals surface area (Å²) in [6.45, 7) is 2.94. The molecule has 0 spiro atoms. The highest BCUT2D eigenvalue weighted by atomic mass is 79.9. The molecule has 0 fully saturated rings. The topological polar surface area (TPSA) is 29.3 Å². The molecule has 3 rings (SSSR count). The second-order valence-corrected chi connectivity index (χ2v) is 6.18. The Morgan fingerprint density at radius 3 is 3.05 bits per heavy atom. The van der Waals surface area contributed by atoms with Gasteiger partial charge in [-0.1, -0.05) is 34.1 Å². The molecule has 19 heavy (non-hydrogen) atoms. The van der Waals surface area contributed by atoms with Crippen LogP contribution in [0.4, 0.5) is 0 Å². The molecule has 1 N–H and O–H groups in total. The van der Waals surface area contributed by atoms with Crippen LogP contribution in [-0.2, 0) is 6.54 Å². The lowest BCUT2D eigenvalue weighted by molar-refractivity contribution is 0.567. The van der Waals surface area contributed by atoms with E-state index in [4.69, 9.17) is 0 Å². The highest BCUT2D eigenvalue weighted by Gasteiger charge is 2.09. The summed E-state index contributed by atoms with van der Waals surface area (Å²) < 4.78 is 3.20. The summed E-state index contributed by atoms with van der Waals surface area (Å²) >= 11 is 5.24. The minimum Gasteiger partial charge on any atom is -0.304 e. The molecule has 0 radical (unpaired) electrons. The predicted octanol–water partition coefficient (Wildman–Crippen LogP) is 4.01. The van der Waals surface area contributed by atoms with Crippen molar-refractivity contribution in [3.05, 3.63) is 57.8 Å². The number of hydrogen-bond donors (Lipinski definition) is 1. The van der Waals surface area contributed by atoms with E-state index in [1.54, 1.807) is 11.3 Å². The van der Waals surface area contributed by atoms with Gasteiger partial charge in [-0.2, -0.15) is 0 Å². The molecule has 0 amide bonds. The van der Waals surface area contributed by atoms with Gasteiger partial charge in [0.05, 0.1) is 5.69 Å². The third kappa shape index (κ3) is 2.73. The summed E-state index contributed by atoms with van der Waals surface area (Å²) in [6.07, 6.45) is 4.11. The highest BCUT2D eigenvalue weighted by molar-refractivity contribution is 9.10. The predicted molar refractivity (Wildman–Crippen MR) is 82.5 cm³/mol. The molecule has 2 aromatic heterocycles. The Morgan fingerprint density at radius 1 is 1.42 bits per heavy atom. The molecule has 1 aromatic carbocycles. The van der Waals surface area contributed by atoms with Gasteiger partial charge in [0.2, 0.25) is 0 Å². The molecule has 98 valence electrons. The summed E-state index contributed by atoms with van der Waals surface area (Å²) in [7, 11) is 0. The zero-order valence-corrected chi connectivity index (χ0v) is 12.9. The summed E-state index contributed by atoms with van der Waals surface area (Å²) in [5.41, 5.74) is 2.34. The molecule has 0 saturated carbocycles. The standard InChI is InChI=1S/C14H14BrN3S/c1-10(12-4-2-3-5-13(12)15)16-8-11-9-18-6-7-19-14(18)17-11/h2-7,9-10,16H,8H2,1H3/t10-/m1/s1. The lowest BCUT2D eigenvalue weighted by atomic mass is 10.1. The van der Waals surface area contributed by atoms with Gasteiger partial charge >= 0.3 is 0 Å². The molecular formula is C14H14BrN3S. The number of nitrogens with one attached hydrogen (secondary N) is 1. The van der Waals surface area contributed by atoms with Crippen molar-refractivity contribution in [3.8, 4) is 0 Å². The molecule has 0 aliphatic heterocycles. The summed E-state index contributed by atoms with van der Waals surface area (Å²) in [5.74, 6) is 0. The number of nitrogens with zero attached hydrogens (tertiary/aromatic N) is 2. The first-order valence-electron chi connectivity index (χ1n) is 6.13. The van der Waals surface area contributed by atoms with Crippen molar-refractivity contribution in [1.82, 2.24) is 14.7 Å². The Bertz CT molecular complexity index is 660. The first-order chi connectivity index (χ1) is 9.24. The van der Waals surface area contributed by atoms with E-state index >= 15 is 0 Å². The van der Waals surface area contributed by atoms with Gasteiger partial charge in [0.1, 0.15) is 0 Å². The number of aromatic nitrogens is 2. The Hall–Kier alpha value is -1.17. The van der Waals surface area contributed by atoms with Crippen molar-refractivity contribution in [2.75, 3.05) is 0 Å². The number of halogens is 1. The molecule has 3 aromatic rings. The fourth-order valence-electron chi connectivity index (χ4n) is 2.06. The Kier molecular flexibility index (Phi) is 3.68. The van der Waals surface area contributed by atoms with E-state index in [2.05, 4.69) is 62.0 Å². The van der Waals surface area contributed by atoms with Crippen LogP contribution in [0.5, 0.6) is 0 Å². The fraction of sp³-hybridized carbons (Fsp3) is 0.214. The SMILES string of the molecule is C[C@@H](NCc1cn2ccsc2n1)c1ccccc1Br. The number of fused-ring (bicyclic) bond motifs is 1. The molecule has 0 unspecified atom stereocenters. The quantitative estimate of drug-likeness (QED) is 0.780. The lowest BCUT2D eigenvalue weighted by Gasteiger charge is -2.14. The van der Waals surface area contributed by atoms with Crippen LogP contribution in [0.3, 0.4) is 0 Å². The molecule has 5 heteroatoms. The highest BCUT2D eigenvalue weighted by Crippen LogP contribution is 2.23. The average molecular weight is 336 g/mol. The zero-order valence-electron chi connectivity index (χ0n) is 10.5. The van der Waals surface area contributed by atoms with Crippen LogP contribution in [-0.4, -0.2) is 9.38 Å². The van der Waals surface area contributed by atoms with Gasteiger partial charge < -0.3 is 5.32 Å². The molecule has 1 atom stereocenters.